The molecular weight excluding hydrogens is 346 g/mol. The molecule has 0 unspecified atom stereocenters. The molecule has 2 N–H and O–H groups in total. The SMILES string of the molecule is C=Cc1cn(N(C)c2ccncc2)c2ccccc12.O=C(O)/C=C\C(=O)O. The van der Waals surface area contributed by atoms with E-state index in [-0.39, 0.29) is 0 Å². The summed E-state index contributed by atoms with van der Waals surface area (Å²) in [5.74, 6) is -2.51. The number of para-hydroxylation sites is 1. The summed E-state index contributed by atoms with van der Waals surface area (Å²) in [6.45, 7) is 3.88. The van der Waals surface area contributed by atoms with Crippen LogP contribution in [0.15, 0.2) is 73.7 Å². The van der Waals surface area contributed by atoms with E-state index in [1.54, 1.807) is 12.4 Å². The minimum atomic E-state index is -1.26. The van der Waals surface area contributed by atoms with Crippen molar-refractivity contribution < 1.29 is 19.8 Å². The van der Waals surface area contributed by atoms with Crippen LogP contribution < -0.4 is 5.01 Å². The average molecular weight is 365 g/mol. The van der Waals surface area contributed by atoms with Crippen LogP contribution in [-0.2, 0) is 9.59 Å². The van der Waals surface area contributed by atoms with Gasteiger partial charge in [0.1, 0.15) is 0 Å². The number of hydrogen-bond donors (Lipinski definition) is 2. The molecular formula is C20H19N3O4. The molecule has 7 nitrogen and oxygen atoms in total. The van der Waals surface area contributed by atoms with E-state index in [1.165, 1.54) is 5.39 Å². The fourth-order valence-corrected chi connectivity index (χ4v) is 2.43. The maximum Gasteiger partial charge on any atom is 0.328 e. The third-order valence-electron chi connectivity index (χ3n) is 3.67. The number of aliphatic carboxylic acids is 2. The van der Waals surface area contributed by atoms with Crippen molar-refractivity contribution >= 4 is 34.6 Å². The summed E-state index contributed by atoms with van der Waals surface area (Å²) in [6, 6.07) is 12.3. The summed E-state index contributed by atoms with van der Waals surface area (Å²) in [5, 5.41) is 18.9. The molecule has 0 radical (unpaired) electrons. The highest BCUT2D eigenvalue weighted by atomic mass is 16.4. The highest BCUT2D eigenvalue weighted by Crippen LogP contribution is 2.24. The van der Waals surface area contributed by atoms with Crippen molar-refractivity contribution in [3.8, 4) is 0 Å². The molecule has 3 rings (SSSR count). The Morgan fingerprint density at radius 1 is 1.07 bits per heavy atom. The van der Waals surface area contributed by atoms with Crippen LogP contribution in [0.2, 0.25) is 0 Å². The molecule has 1 aromatic carbocycles. The molecule has 0 saturated carbocycles. The van der Waals surface area contributed by atoms with Gasteiger partial charge < -0.3 is 10.2 Å². The van der Waals surface area contributed by atoms with Gasteiger partial charge in [-0.05, 0) is 18.2 Å². The summed E-state index contributed by atoms with van der Waals surface area (Å²) in [4.78, 5) is 23.2. The average Bonchev–Trinajstić information content (AvgIpc) is 3.06. The normalized spacial score (nSPS) is 10.3. The number of fused-ring (bicyclic) bond motifs is 1. The standard InChI is InChI=1S/C16H15N3.C4H4O4/c1-3-13-12-19(16-7-5-4-6-15(13)16)18(2)14-8-10-17-11-9-14;5-3(6)1-2-4(7)8/h3-12H,1H2,2H3;1-2H,(H,5,6)(H,7,8)/b;2-1-. The van der Waals surface area contributed by atoms with Gasteiger partial charge in [0.15, 0.2) is 0 Å². The quantitative estimate of drug-likeness (QED) is 0.674. The molecule has 7 heteroatoms. The lowest BCUT2D eigenvalue weighted by molar-refractivity contribution is -0.134. The Morgan fingerprint density at radius 2 is 1.67 bits per heavy atom. The number of pyridine rings is 1. The van der Waals surface area contributed by atoms with Gasteiger partial charge >= 0.3 is 11.9 Å². The van der Waals surface area contributed by atoms with E-state index in [2.05, 4.69) is 39.6 Å². The number of rotatable bonds is 5. The molecule has 27 heavy (non-hydrogen) atoms. The second kappa shape index (κ2) is 9.00. The molecule has 0 aliphatic carbocycles. The highest BCUT2D eigenvalue weighted by Gasteiger charge is 2.09. The van der Waals surface area contributed by atoms with Crippen LogP contribution in [0.5, 0.6) is 0 Å². The Kier molecular flexibility index (Phi) is 6.49. The topological polar surface area (TPSA) is 95.7 Å². The number of anilines is 1. The van der Waals surface area contributed by atoms with Crippen LogP contribution in [0.3, 0.4) is 0 Å². The molecule has 0 bridgehead atoms. The lowest BCUT2D eigenvalue weighted by atomic mass is 10.2. The molecule has 2 heterocycles. The van der Waals surface area contributed by atoms with Crippen molar-refractivity contribution in [1.82, 2.24) is 9.66 Å². The first-order valence-electron chi connectivity index (χ1n) is 7.94. The Labute approximate surface area is 156 Å². The number of carbonyl (C=O) groups is 2. The first-order valence-corrected chi connectivity index (χ1v) is 7.94. The molecule has 3 aromatic rings. The van der Waals surface area contributed by atoms with Gasteiger partial charge in [-0.15, -0.1) is 0 Å². The molecule has 0 atom stereocenters. The van der Waals surface area contributed by atoms with Gasteiger partial charge in [-0.25, -0.2) is 9.59 Å². The maximum absolute atomic E-state index is 9.55. The van der Waals surface area contributed by atoms with Crippen molar-refractivity contribution in [1.29, 1.82) is 0 Å². The van der Waals surface area contributed by atoms with E-state index in [9.17, 15) is 9.59 Å². The van der Waals surface area contributed by atoms with Gasteiger partial charge in [0.2, 0.25) is 0 Å². The first-order chi connectivity index (χ1) is 12.9. The van der Waals surface area contributed by atoms with E-state index in [0.717, 1.165) is 16.8 Å². The summed E-state index contributed by atoms with van der Waals surface area (Å²) >= 11 is 0. The van der Waals surface area contributed by atoms with Gasteiger partial charge in [-0.1, -0.05) is 30.9 Å². The predicted molar refractivity (Wildman–Crippen MR) is 104 cm³/mol. The van der Waals surface area contributed by atoms with Crippen LogP contribution in [0.1, 0.15) is 5.56 Å². The fraction of sp³-hybridized carbons (Fsp3) is 0.0500. The van der Waals surface area contributed by atoms with E-state index in [0.29, 0.717) is 12.2 Å². The van der Waals surface area contributed by atoms with Crippen molar-refractivity contribution in [2.24, 2.45) is 0 Å². The Morgan fingerprint density at radius 3 is 2.22 bits per heavy atom. The van der Waals surface area contributed by atoms with Crippen LogP contribution >= 0.6 is 0 Å². The van der Waals surface area contributed by atoms with Gasteiger partial charge in [0.25, 0.3) is 0 Å². The summed E-state index contributed by atoms with van der Waals surface area (Å²) in [7, 11) is 2.04. The minimum absolute atomic E-state index is 0.558. The first kappa shape index (κ1) is 19.5. The number of aromatic nitrogens is 2. The zero-order chi connectivity index (χ0) is 19.8. The fourth-order valence-electron chi connectivity index (χ4n) is 2.43. The Hall–Kier alpha value is -3.87. The highest BCUT2D eigenvalue weighted by molar-refractivity contribution is 5.90. The van der Waals surface area contributed by atoms with Crippen LogP contribution in [-0.4, -0.2) is 38.9 Å². The van der Waals surface area contributed by atoms with E-state index in [4.69, 9.17) is 10.2 Å². The van der Waals surface area contributed by atoms with Gasteiger partial charge in [-0.3, -0.25) is 14.7 Å². The van der Waals surface area contributed by atoms with Gasteiger partial charge in [-0.2, -0.15) is 0 Å². The molecule has 0 fully saturated rings. The third-order valence-corrected chi connectivity index (χ3v) is 3.67. The zero-order valence-electron chi connectivity index (χ0n) is 14.7. The lowest BCUT2D eigenvalue weighted by Gasteiger charge is -2.21. The number of carboxylic acid groups (broad SMARTS) is 2. The van der Waals surface area contributed by atoms with E-state index < -0.39 is 11.9 Å². The smallest absolute Gasteiger partial charge is 0.328 e. The molecule has 2 aromatic heterocycles. The summed E-state index contributed by atoms with van der Waals surface area (Å²) in [6.07, 6.45) is 8.69. The second-order valence-corrected chi connectivity index (χ2v) is 5.39. The Bertz CT molecular complexity index is 961. The van der Waals surface area contributed by atoms with Gasteiger partial charge in [0, 0.05) is 48.7 Å². The van der Waals surface area contributed by atoms with E-state index >= 15 is 0 Å². The maximum atomic E-state index is 9.55. The predicted octanol–water partition coefficient (Wildman–Crippen LogP) is 3.29. The van der Waals surface area contributed by atoms with Crippen LogP contribution in [0, 0.1) is 0 Å². The second-order valence-electron chi connectivity index (χ2n) is 5.39. The van der Waals surface area contributed by atoms with Gasteiger partial charge in [0.05, 0.1) is 11.2 Å². The van der Waals surface area contributed by atoms with Crippen LogP contribution in [0.4, 0.5) is 5.69 Å². The number of hydrogen-bond acceptors (Lipinski definition) is 4. The molecule has 0 spiro atoms. The molecule has 0 aliphatic heterocycles. The minimum Gasteiger partial charge on any atom is -0.478 e. The molecule has 0 amide bonds. The largest absolute Gasteiger partial charge is 0.478 e. The third kappa shape index (κ3) is 5.05. The van der Waals surface area contributed by atoms with Crippen molar-refractivity contribution in [3.63, 3.8) is 0 Å². The number of nitrogens with zero attached hydrogens (tertiary/aromatic N) is 3. The zero-order valence-corrected chi connectivity index (χ0v) is 14.7. The summed E-state index contributed by atoms with van der Waals surface area (Å²) in [5.41, 5.74) is 3.39. The van der Waals surface area contributed by atoms with Crippen molar-refractivity contribution in [3.05, 3.63) is 79.3 Å². The Balaban J connectivity index is 0.000000279. The molecule has 0 aliphatic rings. The van der Waals surface area contributed by atoms with Crippen molar-refractivity contribution in [2.45, 2.75) is 0 Å². The van der Waals surface area contributed by atoms with Crippen LogP contribution in [0.25, 0.3) is 17.0 Å². The molecule has 0 saturated heterocycles. The van der Waals surface area contributed by atoms with Crippen molar-refractivity contribution in [2.75, 3.05) is 12.1 Å². The number of benzene rings is 1. The van der Waals surface area contributed by atoms with E-state index in [1.807, 2.05) is 37.4 Å². The monoisotopic (exact) mass is 365 g/mol. The summed E-state index contributed by atoms with van der Waals surface area (Å²) < 4.78 is 2.13. The lowest BCUT2D eigenvalue weighted by Crippen LogP contribution is -2.23. The molecule has 138 valence electrons. The number of carboxylic acids is 2.